The van der Waals surface area contributed by atoms with Gasteiger partial charge in [0.25, 0.3) is 0 Å². The van der Waals surface area contributed by atoms with Crippen LogP contribution in [0.15, 0.2) is 34.9 Å². The van der Waals surface area contributed by atoms with Gasteiger partial charge in [0, 0.05) is 28.7 Å². The zero-order valence-corrected chi connectivity index (χ0v) is 13.5. The Morgan fingerprint density at radius 1 is 1.35 bits per heavy atom. The number of methoxy groups -OCH3 is 1. The van der Waals surface area contributed by atoms with Crippen molar-refractivity contribution in [3.8, 4) is 5.75 Å². The summed E-state index contributed by atoms with van der Waals surface area (Å²) in [5.41, 5.74) is 1.64. The molecule has 1 N–H and O–H groups in total. The molecule has 0 aliphatic rings. The largest absolute Gasteiger partial charge is 0.496 e. The average Bonchev–Trinajstić information content (AvgIpc) is 2.87. The van der Waals surface area contributed by atoms with Gasteiger partial charge in [-0.2, -0.15) is 5.10 Å². The average molecular weight is 339 g/mol. The predicted octanol–water partition coefficient (Wildman–Crippen LogP) is 3.51. The third-order valence-electron chi connectivity index (χ3n) is 3.15. The van der Waals surface area contributed by atoms with Crippen LogP contribution in [0.25, 0.3) is 0 Å². The summed E-state index contributed by atoms with van der Waals surface area (Å²) in [6, 6.07) is 7.88. The van der Waals surface area contributed by atoms with E-state index in [1.54, 1.807) is 7.11 Å². The fourth-order valence-corrected chi connectivity index (χ4v) is 2.38. The summed E-state index contributed by atoms with van der Waals surface area (Å²) in [4.78, 5) is 0. The number of ether oxygens (including phenoxy) is 1. The summed E-state index contributed by atoms with van der Waals surface area (Å²) in [6.07, 6.45) is 1.78. The van der Waals surface area contributed by atoms with Crippen molar-refractivity contribution in [2.75, 3.05) is 7.11 Å². The number of benzene rings is 1. The molecule has 0 fully saturated rings. The highest BCUT2D eigenvalue weighted by Crippen LogP contribution is 2.30. The molecule has 1 aromatic carbocycles. The summed E-state index contributed by atoms with van der Waals surface area (Å²) in [5.74, 6) is 0.676. The van der Waals surface area contributed by atoms with Crippen LogP contribution in [0.2, 0.25) is 0 Å². The SMILES string of the molecule is COc1cc(Br)ccc1C(O)Cc1ccn(C(C)C)n1. The molecule has 0 radical (unpaired) electrons. The predicted molar refractivity (Wildman–Crippen MR) is 82.0 cm³/mol. The minimum absolute atomic E-state index is 0.322. The van der Waals surface area contributed by atoms with Crippen LogP contribution in [0.1, 0.15) is 37.3 Å². The maximum Gasteiger partial charge on any atom is 0.125 e. The van der Waals surface area contributed by atoms with Crippen molar-refractivity contribution >= 4 is 15.9 Å². The second kappa shape index (κ2) is 6.41. The molecule has 2 aromatic rings. The molecule has 0 bridgehead atoms. The first kappa shape index (κ1) is 15.1. The number of hydrogen-bond acceptors (Lipinski definition) is 3. The summed E-state index contributed by atoms with van der Waals surface area (Å²) < 4.78 is 8.13. The summed E-state index contributed by atoms with van der Waals surface area (Å²) in [6.45, 7) is 4.15. The molecule has 0 saturated heterocycles. The molecule has 1 aromatic heterocycles. The van der Waals surface area contributed by atoms with Gasteiger partial charge in [-0.25, -0.2) is 0 Å². The molecular formula is C15H19BrN2O2. The van der Waals surface area contributed by atoms with Crippen LogP contribution in [-0.4, -0.2) is 22.0 Å². The Balaban J connectivity index is 2.16. The van der Waals surface area contributed by atoms with Gasteiger partial charge in [0.05, 0.1) is 18.9 Å². The number of halogens is 1. The van der Waals surface area contributed by atoms with E-state index in [4.69, 9.17) is 4.74 Å². The Hall–Kier alpha value is -1.33. The Morgan fingerprint density at radius 2 is 2.10 bits per heavy atom. The van der Waals surface area contributed by atoms with E-state index in [0.29, 0.717) is 18.2 Å². The lowest BCUT2D eigenvalue weighted by atomic mass is 10.0. The first-order chi connectivity index (χ1) is 9.51. The van der Waals surface area contributed by atoms with E-state index in [-0.39, 0.29) is 0 Å². The molecule has 4 nitrogen and oxygen atoms in total. The highest BCUT2D eigenvalue weighted by molar-refractivity contribution is 9.10. The van der Waals surface area contributed by atoms with Crippen LogP contribution < -0.4 is 4.74 Å². The van der Waals surface area contributed by atoms with Gasteiger partial charge in [-0.05, 0) is 32.0 Å². The highest BCUT2D eigenvalue weighted by atomic mass is 79.9. The van der Waals surface area contributed by atoms with Crippen LogP contribution in [-0.2, 0) is 6.42 Å². The van der Waals surface area contributed by atoms with E-state index in [1.165, 1.54) is 0 Å². The van der Waals surface area contributed by atoms with E-state index in [9.17, 15) is 5.11 Å². The minimum atomic E-state index is -0.631. The van der Waals surface area contributed by atoms with Gasteiger partial charge in [0.2, 0.25) is 0 Å². The number of nitrogens with zero attached hydrogens (tertiary/aromatic N) is 2. The third kappa shape index (κ3) is 3.41. The maximum absolute atomic E-state index is 10.4. The fourth-order valence-electron chi connectivity index (χ4n) is 2.04. The van der Waals surface area contributed by atoms with E-state index < -0.39 is 6.10 Å². The second-order valence-corrected chi connectivity index (χ2v) is 5.90. The topological polar surface area (TPSA) is 47.3 Å². The van der Waals surface area contributed by atoms with Gasteiger partial charge in [0.15, 0.2) is 0 Å². The minimum Gasteiger partial charge on any atom is -0.496 e. The molecule has 1 unspecified atom stereocenters. The number of aromatic nitrogens is 2. The lowest BCUT2D eigenvalue weighted by Crippen LogP contribution is -2.06. The molecule has 0 aliphatic carbocycles. The van der Waals surface area contributed by atoms with Gasteiger partial charge in [-0.15, -0.1) is 0 Å². The number of aliphatic hydroxyl groups is 1. The molecule has 0 amide bonds. The quantitative estimate of drug-likeness (QED) is 0.907. The van der Waals surface area contributed by atoms with Crippen molar-refractivity contribution in [1.82, 2.24) is 9.78 Å². The molecule has 0 aliphatic heterocycles. The van der Waals surface area contributed by atoms with E-state index in [2.05, 4.69) is 34.9 Å². The van der Waals surface area contributed by atoms with Crippen molar-refractivity contribution in [3.05, 3.63) is 46.2 Å². The molecule has 108 valence electrons. The molecule has 1 heterocycles. The van der Waals surface area contributed by atoms with Gasteiger partial charge in [-0.1, -0.05) is 22.0 Å². The van der Waals surface area contributed by atoms with Crippen LogP contribution in [0.3, 0.4) is 0 Å². The number of rotatable bonds is 5. The second-order valence-electron chi connectivity index (χ2n) is 4.99. The Morgan fingerprint density at radius 3 is 2.70 bits per heavy atom. The summed E-state index contributed by atoms with van der Waals surface area (Å²) >= 11 is 3.40. The lowest BCUT2D eigenvalue weighted by molar-refractivity contribution is 0.172. The first-order valence-electron chi connectivity index (χ1n) is 6.56. The van der Waals surface area contributed by atoms with Crippen molar-refractivity contribution in [2.24, 2.45) is 0 Å². The van der Waals surface area contributed by atoms with Crippen molar-refractivity contribution in [2.45, 2.75) is 32.4 Å². The fraction of sp³-hybridized carbons (Fsp3) is 0.400. The Labute approximate surface area is 127 Å². The van der Waals surface area contributed by atoms with E-state index in [0.717, 1.165) is 15.7 Å². The maximum atomic E-state index is 10.4. The number of hydrogen-bond donors (Lipinski definition) is 1. The normalized spacial score (nSPS) is 12.7. The van der Waals surface area contributed by atoms with Crippen molar-refractivity contribution in [1.29, 1.82) is 0 Å². The Kier molecular flexibility index (Phi) is 4.83. The zero-order valence-electron chi connectivity index (χ0n) is 11.9. The third-order valence-corrected chi connectivity index (χ3v) is 3.64. The van der Waals surface area contributed by atoms with Crippen LogP contribution >= 0.6 is 15.9 Å². The monoisotopic (exact) mass is 338 g/mol. The van der Waals surface area contributed by atoms with E-state index >= 15 is 0 Å². The first-order valence-corrected chi connectivity index (χ1v) is 7.36. The molecule has 2 rings (SSSR count). The van der Waals surface area contributed by atoms with Gasteiger partial charge in [0.1, 0.15) is 5.75 Å². The summed E-state index contributed by atoms with van der Waals surface area (Å²) in [7, 11) is 1.60. The van der Waals surface area contributed by atoms with Crippen LogP contribution in [0.5, 0.6) is 5.75 Å². The molecule has 20 heavy (non-hydrogen) atoms. The summed E-state index contributed by atoms with van der Waals surface area (Å²) in [5, 5.41) is 14.8. The smallest absolute Gasteiger partial charge is 0.125 e. The van der Waals surface area contributed by atoms with Gasteiger partial charge < -0.3 is 9.84 Å². The molecule has 5 heteroatoms. The van der Waals surface area contributed by atoms with Crippen LogP contribution in [0, 0.1) is 0 Å². The standard InChI is InChI=1S/C15H19BrN2O2/c1-10(2)18-7-6-12(17-18)9-14(19)13-5-4-11(16)8-15(13)20-3/h4-8,10,14,19H,9H2,1-3H3. The van der Waals surface area contributed by atoms with E-state index in [1.807, 2.05) is 35.1 Å². The highest BCUT2D eigenvalue weighted by Gasteiger charge is 2.16. The van der Waals surface area contributed by atoms with Crippen molar-refractivity contribution in [3.63, 3.8) is 0 Å². The molecule has 0 saturated carbocycles. The molecule has 0 spiro atoms. The molecule has 1 atom stereocenters. The number of aliphatic hydroxyl groups excluding tert-OH is 1. The van der Waals surface area contributed by atoms with Gasteiger partial charge >= 0.3 is 0 Å². The lowest BCUT2D eigenvalue weighted by Gasteiger charge is -2.14. The zero-order chi connectivity index (χ0) is 14.7. The molecular weight excluding hydrogens is 320 g/mol. The Bertz CT molecular complexity index is 581. The van der Waals surface area contributed by atoms with Crippen molar-refractivity contribution < 1.29 is 9.84 Å². The van der Waals surface area contributed by atoms with Gasteiger partial charge in [-0.3, -0.25) is 4.68 Å². The van der Waals surface area contributed by atoms with Crippen LogP contribution in [0.4, 0.5) is 0 Å².